The summed E-state index contributed by atoms with van der Waals surface area (Å²) in [6.07, 6.45) is 8.13. The van der Waals surface area contributed by atoms with Crippen LogP contribution in [0.3, 0.4) is 0 Å². The second kappa shape index (κ2) is 11.5. The van der Waals surface area contributed by atoms with Gasteiger partial charge in [0.05, 0.1) is 6.61 Å². The summed E-state index contributed by atoms with van der Waals surface area (Å²) in [4.78, 5) is 12.4. The lowest BCUT2D eigenvalue weighted by molar-refractivity contribution is 0.0895. The third-order valence-corrected chi connectivity index (χ3v) is 4.37. The first-order valence-electron chi connectivity index (χ1n) is 8.79. The quantitative estimate of drug-likeness (QED) is 0.526. The topological polar surface area (TPSA) is 38.3 Å². The molecule has 0 saturated carbocycles. The van der Waals surface area contributed by atoms with E-state index in [1.165, 1.54) is 25.7 Å². The van der Waals surface area contributed by atoms with Crippen molar-refractivity contribution >= 4 is 18.2 Å². The minimum Gasteiger partial charge on any atom is -0.494 e. The van der Waals surface area contributed by atoms with Gasteiger partial charge in [-0.15, -0.1) is 12.4 Å². The van der Waals surface area contributed by atoms with Crippen molar-refractivity contribution in [2.24, 2.45) is 5.92 Å². The predicted molar refractivity (Wildman–Crippen MR) is 97.9 cm³/mol. The van der Waals surface area contributed by atoms with Gasteiger partial charge in [0.25, 0.3) is 0 Å². The van der Waals surface area contributed by atoms with Crippen molar-refractivity contribution < 1.29 is 9.53 Å². The van der Waals surface area contributed by atoms with E-state index in [0.717, 1.165) is 50.3 Å². The van der Waals surface area contributed by atoms with Crippen molar-refractivity contribution in [2.45, 2.75) is 51.9 Å². The van der Waals surface area contributed by atoms with Crippen LogP contribution in [0.1, 0.15) is 62.2 Å². The molecule has 0 radical (unpaired) electrons. The molecule has 130 valence electrons. The van der Waals surface area contributed by atoms with Gasteiger partial charge in [-0.1, -0.05) is 32.6 Å². The summed E-state index contributed by atoms with van der Waals surface area (Å²) in [6.45, 7) is 4.90. The lowest BCUT2D eigenvalue weighted by Gasteiger charge is -2.21. The Balaban J connectivity index is 0.00000264. The molecule has 1 aromatic rings. The van der Waals surface area contributed by atoms with E-state index in [9.17, 15) is 4.79 Å². The molecule has 23 heavy (non-hydrogen) atoms. The summed E-state index contributed by atoms with van der Waals surface area (Å²) >= 11 is 0. The minimum absolute atomic E-state index is 0. The molecule has 3 nitrogen and oxygen atoms in total. The Hall–Kier alpha value is -1.06. The van der Waals surface area contributed by atoms with E-state index in [1.54, 1.807) is 0 Å². The molecule has 0 amide bonds. The minimum atomic E-state index is 0. The SMILES string of the molecule is CCCCCCCOc1ccc(C(=O)C2CCNCC2)cc1.Cl. The van der Waals surface area contributed by atoms with Gasteiger partial charge in [0, 0.05) is 11.5 Å². The maximum absolute atomic E-state index is 12.4. The summed E-state index contributed by atoms with van der Waals surface area (Å²) in [7, 11) is 0. The third-order valence-electron chi connectivity index (χ3n) is 4.37. The van der Waals surface area contributed by atoms with E-state index < -0.39 is 0 Å². The number of hydrogen-bond donors (Lipinski definition) is 1. The zero-order chi connectivity index (χ0) is 15.6. The number of halogens is 1. The molecule has 1 heterocycles. The van der Waals surface area contributed by atoms with Crippen LogP contribution in [-0.2, 0) is 0 Å². The molecule has 0 atom stereocenters. The van der Waals surface area contributed by atoms with E-state index in [4.69, 9.17) is 4.74 Å². The summed E-state index contributed by atoms with van der Waals surface area (Å²) in [6, 6.07) is 7.69. The number of piperidine rings is 1. The number of carbonyl (C=O) groups excluding carboxylic acids is 1. The van der Waals surface area contributed by atoms with E-state index in [0.29, 0.717) is 0 Å². The van der Waals surface area contributed by atoms with Gasteiger partial charge in [-0.25, -0.2) is 0 Å². The van der Waals surface area contributed by atoms with E-state index >= 15 is 0 Å². The molecule has 4 heteroatoms. The largest absolute Gasteiger partial charge is 0.494 e. The highest BCUT2D eigenvalue weighted by atomic mass is 35.5. The number of ketones is 1. The van der Waals surface area contributed by atoms with Gasteiger partial charge in [-0.2, -0.15) is 0 Å². The molecule has 1 saturated heterocycles. The first-order chi connectivity index (χ1) is 10.8. The fourth-order valence-electron chi connectivity index (χ4n) is 2.93. The van der Waals surface area contributed by atoms with Crippen molar-refractivity contribution in [3.63, 3.8) is 0 Å². The monoisotopic (exact) mass is 339 g/mol. The van der Waals surface area contributed by atoms with E-state index in [-0.39, 0.29) is 24.1 Å². The van der Waals surface area contributed by atoms with Crippen molar-refractivity contribution in [1.82, 2.24) is 5.32 Å². The van der Waals surface area contributed by atoms with Crippen LogP contribution >= 0.6 is 12.4 Å². The number of rotatable bonds is 9. The van der Waals surface area contributed by atoms with Crippen LogP contribution in [0.4, 0.5) is 0 Å². The number of hydrogen-bond acceptors (Lipinski definition) is 3. The average Bonchev–Trinajstić information content (AvgIpc) is 2.59. The van der Waals surface area contributed by atoms with Crippen LogP contribution < -0.4 is 10.1 Å². The number of ether oxygens (including phenoxy) is 1. The third kappa shape index (κ3) is 6.92. The molecular weight excluding hydrogens is 310 g/mol. The van der Waals surface area contributed by atoms with Gasteiger partial charge in [-0.3, -0.25) is 4.79 Å². The van der Waals surface area contributed by atoms with Gasteiger partial charge >= 0.3 is 0 Å². The molecule has 1 aliphatic rings. The molecule has 0 spiro atoms. The van der Waals surface area contributed by atoms with Crippen LogP contribution in [0.15, 0.2) is 24.3 Å². The van der Waals surface area contributed by atoms with E-state index in [2.05, 4.69) is 12.2 Å². The summed E-state index contributed by atoms with van der Waals surface area (Å²) < 4.78 is 5.75. The predicted octanol–water partition coefficient (Wildman–Crippen LogP) is 4.64. The molecule has 0 unspecified atom stereocenters. The molecule has 0 aliphatic carbocycles. The maximum Gasteiger partial charge on any atom is 0.166 e. The highest BCUT2D eigenvalue weighted by Crippen LogP contribution is 2.20. The Kier molecular flexibility index (Phi) is 9.97. The first-order valence-corrected chi connectivity index (χ1v) is 8.79. The molecule has 1 aromatic carbocycles. The van der Waals surface area contributed by atoms with Gasteiger partial charge < -0.3 is 10.1 Å². The molecular formula is C19H30ClNO2. The first kappa shape index (κ1) is 20.0. The lowest BCUT2D eigenvalue weighted by atomic mass is 9.90. The molecule has 2 rings (SSSR count). The fourth-order valence-corrected chi connectivity index (χ4v) is 2.93. The van der Waals surface area contributed by atoms with Crippen molar-refractivity contribution in [3.05, 3.63) is 29.8 Å². The van der Waals surface area contributed by atoms with Gasteiger partial charge in [0.1, 0.15) is 5.75 Å². The smallest absolute Gasteiger partial charge is 0.166 e. The van der Waals surface area contributed by atoms with Crippen molar-refractivity contribution in [2.75, 3.05) is 19.7 Å². The Morgan fingerprint density at radius 2 is 1.74 bits per heavy atom. The normalized spacial score (nSPS) is 15.0. The molecule has 0 bridgehead atoms. The molecule has 1 N–H and O–H groups in total. The van der Waals surface area contributed by atoms with Crippen LogP contribution in [-0.4, -0.2) is 25.5 Å². The van der Waals surface area contributed by atoms with Crippen LogP contribution in [0, 0.1) is 5.92 Å². The molecule has 0 aromatic heterocycles. The number of benzene rings is 1. The number of nitrogens with one attached hydrogen (secondary N) is 1. The van der Waals surface area contributed by atoms with Gasteiger partial charge in [0.2, 0.25) is 0 Å². The second-order valence-electron chi connectivity index (χ2n) is 6.18. The fraction of sp³-hybridized carbons (Fsp3) is 0.632. The summed E-state index contributed by atoms with van der Waals surface area (Å²) in [5, 5.41) is 3.30. The maximum atomic E-state index is 12.4. The van der Waals surface area contributed by atoms with Crippen LogP contribution in [0.5, 0.6) is 5.75 Å². The van der Waals surface area contributed by atoms with Gasteiger partial charge in [0.15, 0.2) is 5.78 Å². The number of Topliss-reactive ketones (excluding diaryl/α,β-unsaturated/α-hetero) is 1. The summed E-state index contributed by atoms with van der Waals surface area (Å²) in [5.41, 5.74) is 0.821. The van der Waals surface area contributed by atoms with Crippen LogP contribution in [0.25, 0.3) is 0 Å². The highest BCUT2D eigenvalue weighted by Gasteiger charge is 2.21. The zero-order valence-corrected chi connectivity index (χ0v) is 15.0. The van der Waals surface area contributed by atoms with Crippen LogP contribution in [0.2, 0.25) is 0 Å². The Morgan fingerprint density at radius 1 is 1.09 bits per heavy atom. The molecule has 1 aliphatic heterocycles. The Labute approximate surface area is 146 Å². The second-order valence-corrected chi connectivity index (χ2v) is 6.18. The van der Waals surface area contributed by atoms with Crippen molar-refractivity contribution in [1.29, 1.82) is 0 Å². The molecule has 1 fully saturated rings. The van der Waals surface area contributed by atoms with Gasteiger partial charge in [-0.05, 0) is 56.6 Å². The summed E-state index contributed by atoms with van der Waals surface area (Å²) in [5.74, 6) is 1.34. The number of carbonyl (C=O) groups is 1. The standard InChI is InChI=1S/C19H29NO2.ClH/c1-2-3-4-5-6-15-22-18-9-7-16(8-10-18)19(21)17-11-13-20-14-12-17;/h7-10,17,20H,2-6,11-15H2,1H3;1H. The van der Waals surface area contributed by atoms with Crippen molar-refractivity contribution in [3.8, 4) is 5.75 Å². The number of unbranched alkanes of at least 4 members (excludes halogenated alkanes) is 4. The average molecular weight is 340 g/mol. The highest BCUT2D eigenvalue weighted by molar-refractivity contribution is 5.98. The van der Waals surface area contributed by atoms with E-state index in [1.807, 2.05) is 24.3 Å². The Morgan fingerprint density at radius 3 is 2.39 bits per heavy atom. The zero-order valence-electron chi connectivity index (χ0n) is 14.2. The lowest BCUT2D eigenvalue weighted by Crippen LogP contribution is -2.31. The Bertz CT molecular complexity index is 441.